The number of nitrogens with one attached hydrogen (secondary N) is 4. The van der Waals surface area contributed by atoms with Crippen molar-refractivity contribution in [1.29, 1.82) is 0 Å². The third kappa shape index (κ3) is 7.48. The summed E-state index contributed by atoms with van der Waals surface area (Å²) in [6, 6.07) is 3.03. The van der Waals surface area contributed by atoms with Crippen LogP contribution in [0.4, 0.5) is 15.8 Å². The lowest BCUT2D eigenvalue weighted by Crippen LogP contribution is -2.48. The molecule has 3 aliphatic carbocycles. The highest BCUT2D eigenvalue weighted by atomic mass is 19.1. The first-order valence-electron chi connectivity index (χ1n) is 14.2. The number of rotatable bonds is 10. The van der Waals surface area contributed by atoms with Gasteiger partial charge in [-0.2, -0.15) is 0 Å². The van der Waals surface area contributed by atoms with Crippen molar-refractivity contribution < 1.29 is 23.5 Å². The molecule has 8 nitrogen and oxygen atoms in total. The van der Waals surface area contributed by atoms with E-state index in [1.165, 1.54) is 12.5 Å². The van der Waals surface area contributed by atoms with Gasteiger partial charge in [0.2, 0.25) is 5.91 Å². The summed E-state index contributed by atoms with van der Waals surface area (Å²) in [6.45, 7) is 1.75. The first-order chi connectivity index (χ1) is 18.4. The Hall–Kier alpha value is -3.10. The van der Waals surface area contributed by atoms with Gasteiger partial charge in [-0.1, -0.05) is 44.3 Å². The van der Waals surface area contributed by atoms with Crippen LogP contribution in [0.2, 0.25) is 0 Å². The predicted octanol–water partition coefficient (Wildman–Crippen LogP) is 4.67. The van der Waals surface area contributed by atoms with Crippen molar-refractivity contribution in [2.24, 2.45) is 5.92 Å². The molecule has 0 aromatic heterocycles. The summed E-state index contributed by atoms with van der Waals surface area (Å²) in [5, 5.41) is 12.3. The van der Waals surface area contributed by atoms with E-state index in [9.17, 15) is 14.4 Å². The van der Waals surface area contributed by atoms with Crippen molar-refractivity contribution in [3.63, 3.8) is 0 Å². The molecule has 0 aliphatic heterocycles. The number of benzene rings is 1. The number of hydrogen-bond donors (Lipinski definition) is 4. The minimum Gasteiger partial charge on any atom is -0.466 e. The molecule has 2 atom stereocenters. The van der Waals surface area contributed by atoms with Crippen LogP contribution in [0.25, 0.3) is 0 Å². The van der Waals surface area contributed by atoms with Crippen molar-refractivity contribution in [3.05, 3.63) is 35.7 Å². The second-order valence-corrected chi connectivity index (χ2v) is 10.6. The monoisotopic (exact) mass is 528 g/mol. The number of carbonyl (C=O) groups excluding carboxylic acids is 3. The van der Waals surface area contributed by atoms with Gasteiger partial charge in [0.15, 0.2) is 0 Å². The van der Waals surface area contributed by atoms with Crippen LogP contribution in [-0.4, -0.2) is 49.1 Å². The molecule has 0 bridgehead atoms. The summed E-state index contributed by atoms with van der Waals surface area (Å²) >= 11 is 0. The zero-order chi connectivity index (χ0) is 26.9. The number of halogens is 1. The van der Waals surface area contributed by atoms with Crippen LogP contribution in [0.15, 0.2) is 24.3 Å². The average Bonchev–Trinajstić information content (AvgIpc) is 3.43. The van der Waals surface area contributed by atoms with Crippen molar-refractivity contribution in [2.45, 2.75) is 95.7 Å². The molecule has 2 amide bonds. The molecule has 2 saturated carbocycles. The molecule has 1 aromatic carbocycles. The van der Waals surface area contributed by atoms with E-state index in [-0.39, 0.29) is 36.8 Å². The SMILES string of the molecule is CCOC(=O)C1CC=CCC1NC(=O)CNC(=O)c1cc(F)c(NC2CCCCC2)cc1NC1CCCC1. The molecule has 4 N–H and O–H groups in total. The third-order valence-electron chi connectivity index (χ3n) is 7.81. The summed E-state index contributed by atoms with van der Waals surface area (Å²) in [5.41, 5.74) is 1.16. The van der Waals surface area contributed by atoms with Crippen LogP contribution in [-0.2, 0) is 14.3 Å². The summed E-state index contributed by atoms with van der Waals surface area (Å²) in [7, 11) is 0. The Labute approximate surface area is 224 Å². The Balaban J connectivity index is 1.41. The van der Waals surface area contributed by atoms with Gasteiger partial charge >= 0.3 is 5.97 Å². The molecule has 0 heterocycles. The largest absolute Gasteiger partial charge is 0.466 e. The zero-order valence-corrected chi connectivity index (χ0v) is 22.3. The van der Waals surface area contributed by atoms with Crippen molar-refractivity contribution in [2.75, 3.05) is 23.8 Å². The first kappa shape index (κ1) is 27.9. The van der Waals surface area contributed by atoms with Gasteiger partial charge in [0.05, 0.1) is 30.3 Å². The average molecular weight is 529 g/mol. The molecule has 0 saturated heterocycles. The van der Waals surface area contributed by atoms with E-state index in [0.29, 0.717) is 24.2 Å². The fourth-order valence-corrected chi connectivity index (χ4v) is 5.75. The van der Waals surface area contributed by atoms with Crippen molar-refractivity contribution in [1.82, 2.24) is 10.6 Å². The van der Waals surface area contributed by atoms with Crippen LogP contribution < -0.4 is 21.3 Å². The number of allylic oxidation sites excluding steroid dienone is 1. The topological polar surface area (TPSA) is 109 Å². The van der Waals surface area contributed by atoms with Gasteiger partial charge < -0.3 is 26.0 Å². The molecule has 0 spiro atoms. The highest BCUT2D eigenvalue weighted by Gasteiger charge is 2.31. The summed E-state index contributed by atoms with van der Waals surface area (Å²) in [4.78, 5) is 38.1. The summed E-state index contributed by atoms with van der Waals surface area (Å²) in [5.74, 6) is -2.21. The van der Waals surface area contributed by atoms with E-state index in [4.69, 9.17) is 4.74 Å². The molecule has 208 valence electrons. The number of amides is 2. The van der Waals surface area contributed by atoms with Gasteiger partial charge in [0, 0.05) is 23.8 Å². The van der Waals surface area contributed by atoms with Gasteiger partial charge in [0.1, 0.15) is 5.82 Å². The molecule has 9 heteroatoms. The van der Waals surface area contributed by atoms with E-state index in [1.54, 1.807) is 13.0 Å². The van der Waals surface area contributed by atoms with Crippen LogP contribution >= 0.6 is 0 Å². The van der Waals surface area contributed by atoms with Crippen LogP contribution in [0.1, 0.15) is 87.9 Å². The smallest absolute Gasteiger partial charge is 0.311 e. The molecule has 0 radical (unpaired) electrons. The molecular formula is C29H41FN4O4. The standard InChI is InChI=1S/C29H41FN4O4/c1-2-38-29(37)21-14-8-9-15-24(21)34-27(35)18-31-28(36)22-16-23(30)26(33-20-10-4-3-5-11-20)17-25(22)32-19-12-6-7-13-19/h8-9,16-17,19-21,24,32-33H,2-7,10-15,18H2,1H3,(H,31,36)(H,34,35). The van der Waals surface area contributed by atoms with E-state index in [0.717, 1.165) is 51.4 Å². The summed E-state index contributed by atoms with van der Waals surface area (Å²) in [6.07, 6.45) is 14.6. The quantitative estimate of drug-likeness (QED) is 0.260. The lowest BCUT2D eigenvalue weighted by molar-refractivity contribution is -0.149. The van der Waals surface area contributed by atoms with Crippen LogP contribution in [0.3, 0.4) is 0 Å². The second-order valence-electron chi connectivity index (χ2n) is 10.6. The Morgan fingerprint density at radius 2 is 1.53 bits per heavy atom. The molecule has 4 rings (SSSR count). The van der Waals surface area contributed by atoms with Gasteiger partial charge in [-0.3, -0.25) is 14.4 Å². The molecule has 2 fully saturated rings. The van der Waals surface area contributed by atoms with Crippen LogP contribution in [0, 0.1) is 11.7 Å². The van der Waals surface area contributed by atoms with E-state index < -0.39 is 29.6 Å². The molecule has 1 aromatic rings. The van der Waals surface area contributed by atoms with Crippen molar-refractivity contribution in [3.8, 4) is 0 Å². The molecule has 2 unspecified atom stereocenters. The lowest BCUT2D eigenvalue weighted by atomic mass is 9.89. The Kier molecular flexibility index (Phi) is 10.0. The number of carbonyl (C=O) groups is 3. The fraction of sp³-hybridized carbons (Fsp3) is 0.621. The predicted molar refractivity (Wildman–Crippen MR) is 146 cm³/mol. The highest BCUT2D eigenvalue weighted by Crippen LogP contribution is 2.31. The number of esters is 1. The molecule has 3 aliphatic rings. The summed E-state index contributed by atoms with van der Waals surface area (Å²) < 4.78 is 20.3. The second kappa shape index (κ2) is 13.6. The minimum absolute atomic E-state index is 0.182. The zero-order valence-electron chi connectivity index (χ0n) is 22.3. The van der Waals surface area contributed by atoms with E-state index >= 15 is 4.39 Å². The maximum Gasteiger partial charge on any atom is 0.311 e. The maximum absolute atomic E-state index is 15.1. The number of hydrogen-bond acceptors (Lipinski definition) is 6. The highest BCUT2D eigenvalue weighted by molar-refractivity contribution is 6.02. The molecule has 38 heavy (non-hydrogen) atoms. The third-order valence-corrected chi connectivity index (χ3v) is 7.81. The Bertz CT molecular complexity index is 1020. The van der Waals surface area contributed by atoms with Gasteiger partial charge in [-0.25, -0.2) is 4.39 Å². The lowest BCUT2D eigenvalue weighted by Gasteiger charge is -2.27. The number of ether oxygens (including phenoxy) is 1. The van der Waals surface area contributed by atoms with Crippen molar-refractivity contribution >= 4 is 29.2 Å². The fourth-order valence-electron chi connectivity index (χ4n) is 5.75. The molecular weight excluding hydrogens is 487 g/mol. The van der Waals surface area contributed by atoms with Crippen LogP contribution in [0.5, 0.6) is 0 Å². The van der Waals surface area contributed by atoms with Gasteiger partial charge in [-0.15, -0.1) is 0 Å². The van der Waals surface area contributed by atoms with E-state index in [2.05, 4.69) is 21.3 Å². The van der Waals surface area contributed by atoms with E-state index in [1.807, 2.05) is 12.2 Å². The number of anilines is 2. The Morgan fingerprint density at radius 3 is 2.21 bits per heavy atom. The first-order valence-corrected chi connectivity index (χ1v) is 14.2. The maximum atomic E-state index is 15.1. The Morgan fingerprint density at radius 1 is 0.895 bits per heavy atom. The van der Waals surface area contributed by atoms with Gasteiger partial charge in [-0.05, 0) is 57.6 Å². The van der Waals surface area contributed by atoms with Gasteiger partial charge in [0.25, 0.3) is 5.91 Å². The normalized spacial score (nSPS) is 22.1. The minimum atomic E-state index is -0.519.